The number of rotatable bonds is 6. The fraction of sp³-hybridized carbons (Fsp3) is 0.917. The predicted molar refractivity (Wildman–Crippen MR) is 66.1 cm³/mol. The molecular formula is C12H26N2O2. The molecule has 0 aliphatic heterocycles. The van der Waals surface area contributed by atoms with E-state index in [1.807, 2.05) is 13.8 Å². The van der Waals surface area contributed by atoms with Crippen LogP contribution in [0.3, 0.4) is 0 Å². The van der Waals surface area contributed by atoms with Crippen LogP contribution in [0.5, 0.6) is 0 Å². The van der Waals surface area contributed by atoms with Gasteiger partial charge in [-0.05, 0) is 32.2 Å². The first-order chi connectivity index (χ1) is 7.27. The third kappa shape index (κ3) is 6.80. The minimum atomic E-state index is -0.0675. The number of carbonyl (C=O) groups is 1. The second-order valence-electron chi connectivity index (χ2n) is 5.42. The van der Waals surface area contributed by atoms with Gasteiger partial charge >= 0.3 is 0 Å². The molecule has 16 heavy (non-hydrogen) atoms. The number of hydrogen-bond acceptors (Lipinski definition) is 3. The van der Waals surface area contributed by atoms with E-state index in [9.17, 15) is 4.79 Å². The third-order valence-electron chi connectivity index (χ3n) is 2.38. The van der Waals surface area contributed by atoms with Crippen molar-refractivity contribution in [2.75, 3.05) is 13.2 Å². The van der Waals surface area contributed by atoms with Gasteiger partial charge in [-0.1, -0.05) is 20.8 Å². The fourth-order valence-electron chi connectivity index (χ4n) is 1.37. The molecule has 0 fully saturated rings. The first kappa shape index (κ1) is 15.4. The molecule has 96 valence electrons. The monoisotopic (exact) mass is 230 g/mol. The molecule has 4 nitrogen and oxygen atoms in total. The summed E-state index contributed by atoms with van der Waals surface area (Å²) < 4.78 is 5.25. The minimum absolute atomic E-state index is 0.0207. The van der Waals surface area contributed by atoms with E-state index in [0.29, 0.717) is 6.54 Å². The van der Waals surface area contributed by atoms with Crippen molar-refractivity contribution in [2.45, 2.75) is 53.2 Å². The molecule has 0 aromatic rings. The zero-order chi connectivity index (χ0) is 12.8. The van der Waals surface area contributed by atoms with Gasteiger partial charge in [0.15, 0.2) is 0 Å². The smallest absolute Gasteiger partial charge is 0.246 e. The number of carbonyl (C=O) groups excluding carboxylic acids is 1. The molecule has 3 N–H and O–H groups in total. The molecule has 1 atom stereocenters. The molecule has 0 aromatic carbocycles. The highest BCUT2D eigenvalue weighted by molar-refractivity contribution is 5.77. The van der Waals surface area contributed by atoms with Gasteiger partial charge in [0.1, 0.15) is 6.61 Å². The highest BCUT2D eigenvalue weighted by Crippen LogP contribution is 2.21. The standard InChI is InChI=1S/C12H26N2O2/c1-9(2)16-8-11(15)14-10(6-7-13)12(3,4)5/h9-10H,6-8,13H2,1-5H3,(H,14,15). The second kappa shape index (κ2) is 6.86. The van der Waals surface area contributed by atoms with Gasteiger partial charge < -0.3 is 15.8 Å². The van der Waals surface area contributed by atoms with Crippen LogP contribution >= 0.6 is 0 Å². The number of hydrogen-bond donors (Lipinski definition) is 2. The first-order valence-electron chi connectivity index (χ1n) is 5.88. The van der Waals surface area contributed by atoms with Crippen LogP contribution in [-0.2, 0) is 9.53 Å². The van der Waals surface area contributed by atoms with E-state index >= 15 is 0 Å². The van der Waals surface area contributed by atoms with Crippen molar-refractivity contribution in [3.05, 3.63) is 0 Å². The van der Waals surface area contributed by atoms with Crippen LogP contribution in [0.1, 0.15) is 41.0 Å². The summed E-state index contributed by atoms with van der Waals surface area (Å²) in [5.41, 5.74) is 5.56. The van der Waals surface area contributed by atoms with Crippen molar-refractivity contribution in [3.63, 3.8) is 0 Å². The van der Waals surface area contributed by atoms with E-state index in [1.165, 1.54) is 0 Å². The Morgan fingerprint density at radius 1 is 1.38 bits per heavy atom. The Labute approximate surface area is 98.9 Å². The molecule has 1 amide bonds. The zero-order valence-electron chi connectivity index (χ0n) is 11.2. The topological polar surface area (TPSA) is 64.3 Å². The maximum atomic E-state index is 11.6. The molecule has 0 radical (unpaired) electrons. The van der Waals surface area contributed by atoms with Crippen molar-refractivity contribution < 1.29 is 9.53 Å². The summed E-state index contributed by atoms with van der Waals surface area (Å²) in [5, 5.41) is 2.97. The molecule has 0 aromatic heterocycles. The summed E-state index contributed by atoms with van der Waals surface area (Å²) in [7, 11) is 0. The molecule has 0 aliphatic rings. The first-order valence-corrected chi connectivity index (χ1v) is 5.88. The molecule has 1 unspecified atom stereocenters. The number of ether oxygens (including phenoxy) is 1. The Balaban J connectivity index is 4.14. The average Bonchev–Trinajstić information content (AvgIpc) is 2.12. The lowest BCUT2D eigenvalue weighted by Crippen LogP contribution is -2.46. The largest absolute Gasteiger partial charge is 0.369 e. The number of amides is 1. The average molecular weight is 230 g/mol. The minimum Gasteiger partial charge on any atom is -0.369 e. The summed E-state index contributed by atoms with van der Waals surface area (Å²) in [6, 6.07) is 0.0979. The molecule has 4 heteroatoms. The second-order valence-corrected chi connectivity index (χ2v) is 5.42. The van der Waals surface area contributed by atoms with E-state index in [-0.39, 0.29) is 30.1 Å². The lowest BCUT2D eigenvalue weighted by atomic mass is 9.85. The predicted octanol–water partition coefficient (Wildman–Crippen LogP) is 1.29. The third-order valence-corrected chi connectivity index (χ3v) is 2.38. The van der Waals surface area contributed by atoms with Crippen molar-refractivity contribution in [1.82, 2.24) is 5.32 Å². The van der Waals surface area contributed by atoms with Crippen molar-refractivity contribution in [3.8, 4) is 0 Å². The normalized spacial score (nSPS) is 13.9. The maximum Gasteiger partial charge on any atom is 0.246 e. The van der Waals surface area contributed by atoms with Crippen molar-refractivity contribution in [2.24, 2.45) is 11.1 Å². The lowest BCUT2D eigenvalue weighted by molar-refractivity contribution is -0.128. The highest BCUT2D eigenvalue weighted by atomic mass is 16.5. The van der Waals surface area contributed by atoms with Crippen LogP contribution in [0.15, 0.2) is 0 Å². The molecule has 0 saturated heterocycles. The van der Waals surface area contributed by atoms with E-state index < -0.39 is 0 Å². The fourth-order valence-corrected chi connectivity index (χ4v) is 1.37. The van der Waals surface area contributed by atoms with E-state index in [2.05, 4.69) is 26.1 Å². The van der Waals surface area contributed by atoms with E-state index in [4.69, 9.17) is 10.5 Å². The zero-order valence-corrected chi connectivity index (χ0v) is 11.2. The Morgan fingerprint density at radius 3 is 2.31 bits per heavy atom. The van der Waals surface area contributed by atoms with Crippen LogP contribution in [0.2, 0.25) is 0 Å². The van der Waals surface area contributed by atoms with Crippen LogP contribution in [-0.4, -0.2) is 31.2 Å². The van der Waals surface area contributed by atoms with Gasteiger partial charge in [0.05, 0.1) is 6.10 Å². The van der Waals surface area contributed by atoms with Gasteiger partial charge in [-0.25, -0.2) is 0 Å². The van der Waals surface area contributed by atoms with Gasteiger partial charge in [0.2, 0.25) is 5.91 Å². The number of nitrogens with one attached hydrogen (secondary N) is 1. The van der Waals surface area contributed by atoms with Gasteiger partial charge in [0.25, 0.3) is 0 Å². The quantitative estimate of drug-likeness (QED) is 0.722. The van der Waals surface area contributed by atoms with Crippen LogP contribution in [0.4, 0.5) is 0 Å². The lowest BCUT2D eigenvalue weighted by Gasteiger charge is -2.31. The van der Waals surface area contributed by atoms with Crippen LogP contribution in [0, 0.1) is 5.41 Å². The van der Waals surface area contributed by atoms with Crippen LogP contribution < -0.4 is 11.1 Å². The van der Waals surface area contributed by atoms with E-state index in [1.54, 1.807) is 0 Å². The maximum absolute atomic E-state index is 11.6. The molecule has 0 rings (SSSR count). The summed E-state index contributed by atoms with van der Waals surface area (Å²) in [6.45, 7) is 10.8. The van der Waals surface area contributed by atoms with Crippen molar-refractivity contribution >= 4 is 5.91 Å². The Kier molecular flexibility index (Phi) is 6.60. The Hall–Kier alpha value is -0.610. The van der Waals surface area contributed by atoms with Gasteiger partial charge in [-0.2, -0.15) is 0 Å². The van der Waals surface area contributed by atoms with E-state index in [0.717, 1.165) is 6.42 Å². The Morgan fingerprint density at radius 2 is 1.94 bits per heavy atom. The van der Waals surface area contributed by atoms with Gasteiger partial charge in [-0.3, -0.25) is 4.79 Å². The summed E-state index contributed by atoms with van der Waals surface area (Å²) in [4.78, 5) is 11.6. The summed E-state index contributed by atoms with van der Waals surface area (Å²) in [6.07, 6.45) is 0.866. The van der Waals surface area contributed by atoms with Crippen LogP contribution in [0.25, 0.3) is 0 Å². The summed E-state index contributed by atoms with van der Waals surface area (Å²) in [5.74, 6) is -0.0675. The molecule has 0 spiro atoms. The molecule has 0 bridgehead atoms. The molecule has 0 heterocycles. The SMILES string of the molecule is CC(C)OCC(=O)NC(CCN)C(C)(C)C. The van der Waals surface area contributed by atoms with Gasteiger partial charge in [-0.15, -0.1) is 0 Å². The number of nitrogens with two attached hydrogens (primary N) is 1. The summed E-state index contributed by atoms with van der Waals surface area (Å²) >= 11 is 0. The molecule has 0 saturated carbocycles. The van der Waals surface area contributed by atoms with Gasteiger partial charge in [0, 0.05) is 6.04 Å². The van der Waals surface area contributed by atoms with Crippen molar-refractivity contribution in [1.29, 1.82) is 0 Å². The molecular weight excluding hydrogens is 204 g/mol. The molecule has 0 aliphatic carbocycles. The Bertz CT molecular complexity index is 210. The highest BCUT2D eigenvalue weighted by Gasteiger charge is 2.25.